The minimum atomic E-state index is -0.548. The Morgan fingerprint density at radius 1 is 1.33 bits per heavy atom. The van der Waals surface area contributed by atoms with Gasteiger partial charge in [-0.3, -0.25) is 4.79 Å². The van der Waals surface area contributed by atoms with Gasteiger partial charge in [0.15, 0.2) is 6.61 Å². The standard InChI is InChI=1S/C13H15NO4/c1-3-6-13(16)18-9-12(15)14-10-7-4-5-8-11(10)17-2/h3-8H,9H2,1-2H3,(H,14,15)/b6-3+. The van der Waals surface area contributed by atoms with Gasteiger partial charge in [-0.25, -0.2) is 4.79 Å². The van der Waals surface area contributed by atoms with Crippen LogP contribution in [0.1, 0.15) is 6.92 Å². The van der Waals surface area contributed by atoms with Crippen molar-refractivity contribution in [3.63, 3.8) is 0 Å². The molecule has 1 rings (SSSR count). The summed E-state index contributed by atoms with van der Waals surface area (Å²) >= 11 is 0. The summed E-state index contributed by atoms with van der Waals surface area (Å²) < 4.78 is 9.79. The summed E-state index contributed by atoms with van der Waals surface area (Å²) in [5.41, 5.74) is 0.534. The second-order valence-electron chi connectivity index (χ2n) is 3.36. The maximum Gasteiger partial charge on any atom is 0.330 e. The van der Waals surface area contributed by atoms with Crippen molar-refractivity contribution in [1.82, 2.24) is 0 Å². The Balaban J connectivity index is 2.52. The summed E-state index contributed by atoms with van der Waals surface area (Å²) in [6.07, 6.45) is 2.79. The summed E-state index contributed by atoms with van der Waals surface area (Å²) in [7, 11) is 1.51. The third kappa shape index (κ3) is 4.29. The third-order valence-corrected chi connectivity index (χ3v) is 2.03. The van der Waals surface area contributed by atoms with E-state index in [1.165, 1.54) is 13.2 Å². The minimum Gasteiger partial charge on any atom is -0.495 e. The summed E-state index contributed by atoms with van der Waals surface area (Å²) in [5, 5.41) is 2.59. The zero-order valence-corrected chi connectivity index (χ0v) is 10.3. The molecule has 0 saturated heterocycles. The van der Waals surface area contributed by atoms with E-state index in [9.17, 15) is 9.59 Å². The van der Waals surface area contributed by atoms with Crippen LogP contribution in [0.2, 0.25) is 0 Å². The molecule has 1 aromatic rings. The van der Waals surface area contributed by atoms with Gasteiger partial charge in [0, 0.05) is 6.08 Å². The van der Waals surface area contributed by atoms with Crippen LogP contribution in [0, 0.1) is 0 Å². The van der Waals surface area contributed by atoms with Crippen LogP contribution >= 0.6 is 0 Å². The molecule has 0 unspecified atom stereocenters. The molecule has 0 fully saturated rings. The van der Waals surface area contributed by atoms with E-state index in [1.807, 2.05) is 0 Å². The van der Waals surface area contributed by atoms with Crippen molar-refractivity contribution in [3.05, 3.63) is 36.4 Å². The van der Waals surface area contributed by atoms with Gasteiger partial charge < -0.3 is 14.8 Å². The van der Waals surface area contributed by atoms with Gasteiger partial charge in [-0.05, 0) is 19.1 Å². The van der Waals surface area contributed by atoms with E-state index in [2.05, 4.69) is 5.32 Å². The number of allylic oxidation sites excluding steroid dienone is 1. The van der Waals surface area contributed by atoms with Crippen LogP contribution < -0.4 is 10.1 Å². The van der Waals surface area contributed by atoms with Gasteiger partial charge in [0.2, 0.25) is 0 Å². The van der Waals surface area contributed by atoms with Gasteiger partial charge in [-0.1, -0.05) is 18.2 Å². The molecule has 0 bridgehead atoms. The fourth-order valence-corrected chi connectivity index (χ4v) is 1.26. The zero-order chi connectivity index (χ0) is 13.4. The van der Waals surface area contributed by atoms with Crippen LogP contribution in [0.5, 0.6) is 5.75 Å². The molecule has 1 amide bonds. The molecular formula is C13H15NO4. The highest BCUT2D eigenvalue weighted by Crippen LogP contribution is 2.22. The summed E-state index contributed by atoms with van der Waals surface area (Å²) in [5.74, 6) is -0.421. The first kappa shape index (κ1) is 13.8. The predicted octanol–water partition coefficient (Wildman–Crippen LogP) is 1.75. The lowest BCUT2D eigenvalue weighted by Gasteiger charge is -2.09. The monoisotopic (exact) mass is 249 g/mol. The average Bonchev–Trinajstić information content (AvgIpc) is 2.37. The first-order valence-corrected chi connectivity index (χ1v) is 5.39. The molecule has 0 aliphatic carbocycles. The van der Waals surface area contributed by atoms with Crippen molar-refractivity contribution in [2.24, 2.45) is 0 Å². The Bertz CT molecular complexity index is 454. The molecule has 0 atom stereocenters. The fourth-order valence-electron chi connectivity index (χ4n) is 1.26. The van der Waals surface area contributed by atoms with Gasteiger partial charge in [0.25, 0.3) is 5.91 Å². The Morgan fingerprint density at radius 2 is 2.06 bits per heavy atom. The molecule has 0 heterocycles. The highest BCUT2D eigenvalue weighted by Gasteiger charge is 2.08. The Morgan fingerprint density at radius 3 is 2.72 bits per heavy atom. The lowest BCUT2D eigenvalue weighted by atomic mass is 10.3. The maximum atomic E-state index is 11.5. The van der Waals surface area contributed by atoms with Crippen molar-refractivity contribution in [2.75, 3.05) is 19.0 Å². The van der Waals surface area contributed by atoms with E-state index in [0.29, 0.717) is 11.4 Å². The van der Waals surface area contributed by atoms with Crippen LogP contribution in [0.15, 0.2) is 36.4 Å². The van der Waals surface area contributed by atoms with Gasteiger partial charge >= 0.3 is 5.97 Å². The highest BCUT2D eigenvalue weighted by molar-refractivity contribution is 5.94. The van der Waals surface area contributed by atoms with Crippen LogP contribution in [-0.4, -0.2) is 25.6 Å². The molecule has 0 radical (unpaired) electrons. The topological polar surface area (TPSA) is 64.6 Å². The molecule has 96 valence electrons. The largest absolute Gasteiger partial charge is 0.495 e. The minimum absolute atomic E-state index is 0.332. The molecule has 18 heavy (non-hydrogen) atoms. The molecule has 0 aliphatic rings. The smallest absolute Gasteiger partial charge is 0.330 e. The number of methoxy groups -OCH3 is 1. The van der Waals surface area contributed by atoms with Crippen molar-refractivity contribution in [3.8, 4) is 5.75 Å². The number of amides is 1. The number of rotatable bonds is 5. The zero-order valence-electron chi connectivity index (χ0n) is 10.3. The lowest BCUT2D eigenvalue weighted by molar-refractivity contribution is -0.142. The van der Waals surface area contributed by atoms with Gasteiger partial charge in [0.1, 0.15) is 5.75 Å². The molecule has 0 aromatic heterocycles. The number of esters is 1. The molecule has 5 nitrogen and oxygen atoms in total. The Labute approximate surface area is 105 Å². The normalized spacial score (nSPS) is 10.1. The fraction of sp³-hybridized carbons (Fsp3) is 0.231. The number of carbonyl (C=O) groups is 2. The Kier molecular flexibility index (Phi) is 5.44. The first-order chi connectivity index (χ1) is 8.67. The predicted molar refractivity (Wildman–Crippen MR) is 67.4 cm³/mol. The molecule has 0 aliphatic heterocycles. The maximum absolute atomic E-state index is 11.5. The molecule has 5 heteroatoms. The summed E-state index contributed by atoms with van der Waals surface area (Å²) in [6.45, 7) is 1.36. The SMILES string of the molecule is C/C=C/C(=O)OCC(=O)Nc1ccccc1OC. The van der Waals surface area contributed by atoms with E-state index in [-0.39, 0.29) is 6.61 Å². The van der Waals surface area contributed by atoms with Gasteiger partial charge in [-0.15, -0.1) is 0 Å². The van der Waals surface area contributed by atoms with Crippen LogP contribution in [-0.2, 0) is 14.3 Å². The number of nitrogens with one attached hydrogen (secondary N) is 1. The van der Waals surface area contributed by atoms with Crippen LogP contribution in [0.25, 0.3) is 0 Å². The summed E-state index contributed by atoms with van der Waals surface area (Å²) in [4.78, 5) is 22.5. The van der Waals surface area contributed by atoms with E-state index in [4.69, 9.17) is 9.47 Å². The number of benzene rings is 1. The van der Waals surface area contributed by atoms with E-state index in [1.54, 1.807) is 37.3 Å². The van der Waals surface area contributed by atoms with E-state index >= 15 is 0 Å². The Hall–Kier alpha value is -2.30. The highest BCUT2D eigenvalue weighted by atomic mass is 16.5. The number of anilines is 1. The molecule has 0 spiro atoms. The molecule has 0 saturated carbocycles. The van der Waals surface area contributed by atoms with Crippen molar-refractivity contribution in [2.45, 2.75) is 6.92 Å². The van der Waals surface area contributed by atoms with Crippen molar-refractivity contribution >= 4 is 17.6 Å². The third-order valence-electron chi connectivity index (χ3n) is 2.03. The van der Waals surface area contributed by atoms with Gasteiger partial charge in [0.05, 0.1) is 12.8 Å². The first-order valence-electron chi connectivity index (χ1n) is 5.39. The van der Waals surface area contributed by atoms with Crippen molar-refractivity contribution < 1.29 is 19.1 Å². The van der Waals surface area contributed by atoms with E-state index in [0.717, 1.165) is 0 Å². The number of hydrogen-bond donors (Lipinski definition) is 1. The summed E-state index contributed by atoms with van der Waals surface area (Å²) in [6, 6.07) is 6.98. The molecular weight excluding hydrogens is 234 g/mol. The number of hydrogen-bond acceptors (Lipinski definition) is 4. The van der Waals surface area contributed by atoms with Crippen molar-refractivity contribution in [1.29, 1.82) is 0 Å². The second kappa shape index (κ2) is 7.11. The van der Waals surface area contributed by atoms with Gasteiger partial charge in [-0.2, -0.15) is 0 Å². The number of para-hydroxylation sites is 2. The average molecular weight is 249 g/mol. The lowest BCUT2D eigenvalue weighted by Crippen LogP contribution is -2.20. The second-order valence-corrected chi connectivity index (χ2v) is 3.36. The van der Waals surface area contributed by atoms with Crippen LogP contribution in [0.4, 0.5) is 5.69 Å². The number of ether oxygens (including phenoxy) is 2. The quantitative estimate of drug-likeness (QED) is 0.638. The molecule has 1 aromatic carbocycles. The molecule has 1 N–H and O–H groups in total. The number of carbonyl (C=O) groups excluding carboxylic acids is 2. The van der Waals surface area contributed by atoms with E-state index < -0.39 is 11.9 Å². The van der Waals surface area contributed by atoms with Crippen LogP contribution in [0.3, 0.4) is 0 Å².